The summed E-state index contributed by atoms with van der Waals surface area (Å²) < 4.78 is 0.702. The van der Waals surface area contributed by atoms with Gasteiger partial charge in [0, 0.05) is 12.7 Å². The molecule has 3 nitrogen and oxygen atoms in total. The van der Waals surface area contributed by atoms with Crippen LogP contribution in [0.5, 0.6) is 0 Å². The van der Waals surface area contributed by atoms with Crippen LogP contribution >= 0.6 is 15.9 Å². The summed E-state index contributed by atoms with van der Waals surface area (Å²) in [6.45, 7) is 0.126. The van der Waals surface area contributed by atoms with Gasteiger partial charge >= 0.3 is 0 Å². The van der Waals surface area contributed by atoms with Crippen LogP contribution in [0.15, 0.2) is 22.9 Å². The van der Waals surface area contributed by atoms with Crippen molar-refractivity contribution in [2.75, 3.05) is 12.0 Å². The molecule has 1 rings (SSSR count). The van der Waals surface area contributed by atoms with Gasteiger partial charge < -0.3 is 0 Å². The van der Waals surface area contributed by atoms with Crippen LogP contribution in [0, 0.1) is 0 Å². The van der Waals surface area contributed by atoms with Crippen LogP contribution in [0.1, 0.15) is 0 Å². The zero-order valence-electron chi connectivity index (χ0n) is 5.75. The summed E-state index contributed by atoms with van der Waals surface area (Å²) in [5.41, 5.74) is 3.39. The Morgan fingerprint density at radius 2 is 2.55 bits per heavy atom. The van der Waals surface area contributed by atoms with E-state index in [0.717, 1.165) is 5.69 Å². The molecule has 11 heavy (non-hydrogen) atoms. The van der Waals surface area contributed by atoms with E-state index >= 15 is 0 Å². The number of nitrogens with one attached hydrogen (secondary N) is 1. The fourth-order valence-corrected chi connectivity index (χ4v) is 0.913. The maximum Gasteiger partial charge on any atom is 0.131 e. The monoisotopic (exact) mass is 212 g/mol. The number of pyridine rings is 1. The van der Waals surface area contributed by atoms with E-state index in [4.69, 9.17) is 12.7 Å². The maximum atomic E-state index is 5.11. The summed E-state index contributed by atoms with van der Waals surface area (Å²) in [6.07, 6.45) is 1.68. The smallest absolute Gasteiger partial charge is 0.131 e. The Morgan fingerprint density at radius 3 is 3.18 bits per heavy atom. The van der Waals surface area contributed by atoms with E-state index in [2.05, 4.69) is 26.4 Å². The van der Waals surface area contributed by atoms with E-state index in [-0.39, 0.29) is 6.51 Å². The molecule has 1 aromatic rings. The molecule has 5 heteroatoms. The van der Waals surface area contributed by atoms with Crippen molar-refractivity contribution in [1.29, 1.82) is 0 Å². The second-order valence-corrected chi connectivity index (χ2v) is 2.51. The van der Waals surface area contributed by atoms with Crippen molar-refractivity contribution < 1.29 is 4.84 Å². The quantitative estimate of drug-likeness (QED) is 0.466. The molecule has 0 aliphatic rings. The molecule has 2 radical (unpaired) electrons. The molecular weight excluding hydrogens is 207 g/mol. The predicted octanol–water partition coefficient (Wildman–Crippen LogP) is 1.31. The van der Waals surface area contributed by atoms with Crippen LogP contribution in [0.2, 0.25) is 0 Å². The highest BCUT2D eigenvalue weighted by Crippen LogP contribution is 2.17. The minimum Gasteiger partial charge on any atom is -0.286 e. The molecule has 0 saturated heterocycles. The molecule has 0 bridgehead atoms. The lowest BCUT2D eigenvalue weighted by atomic mass is 10.2. The molecule has 56 valence electrons. The maximum absolute atomic E-state index is 5.11. The highest BCUT2D eigenvalue weighted by atomic mass is 79.9. The highest BCUT2D eigenvalue weighted by molar-refractivity contribution is 9.10. The third-order valence-corrected chi connectivity index (χ3v) is 1.66. The Morgan fingerprint density at radius 1 is 1.73 bits per heavy atom. The van der Waals surface area contributed by atoms with Gasteiger partial charge in [-0.2, -0.15) is 0 Å². The van der Waals surface area contributed by atoms with Gasteiger partial charge in [-0.25, -0.2) is 4.98 Å². The van der Waals surface area contributed by atoms with Gasteiger partial charge in [0.25, 0.3) is 0 Å². The van der Waals surface area contributed by atoms with Gasteiger partial charge in [-0.3, -0.25) is 10.3 Å². The first-order chi connectivity index (χ1) is 5.34. The molecule has 1 heterocycles. The Labute approximate surface area is 74.7 Å². The van der Waals surface area contributed by atoms with Gasteiger partial charge in [0.15, 0.2) is 0 Å². The van der Waals surface area contributed by atoms with Crippen LogP contribution in [-0.2, 0) is 4.84 Å². The molecule has 0 aromatic carbocycles. The fourth-order valence-electron chi connectivity index (χ4n) is 0.582. The Kier molecular flexibility index (Phi) is 3.39. The average Bonchev–Trinajstić information content (AvgIpc) is 2.03. The number of hydrogen-bond acceptors (Lipinski definition) is 3. The zero-order valence-corrected chi connectivity index (χ0v) is 7.34. The first kappa shape index (κ1) is 8.55. The van der Waals surface area contributed by atoms with Gasteiger partial charge in [-0.05, 0) is 28.1 Å². The largest absolute Gasteiger partial charge is 0.286 e. The molecule has 0 amide bonds. The summed E-state index contributed by atoms with van der Waals surface area (Å²) >= 11 is 3.23. The Balaban J connectivity index is 2.62. The number of halogens is 1. The number of nitrogens with zero attached hydrogens (tertiary/aromatic N) is 1. The van der Waals surface area contributed by atoms with Gasteiger partial charge in [0.2, 0.25) is 0 Å². The fraction of sp³-hybridized carbons (Fsp3) is 0.167. The predicted molar refractivity (Wildman–Crippen MR) is 47.3 cm³/mol. The molecule has 0 fully saturated rings. The Hall–Kier alpha value is -0.545. The second-order valence-electron chi connectivity index (χ2n) is 1.75. The van der Waals surface area contributed by atoms with Crippen LogP contribution < -0.4 is 5.48 Å². The van der Waals surface area contributed by atoms with Crippen LogP contribution in [0.4, 0.5) is 5.69 Å². The normalized spacial score (nSPS) is 9.55. The van der Waals surface area contributed by atoms with Crippen molar-refractivity contribution >= 4 is 29.5 Å². The molecular formula is C6H6BBrN2O. The van der Waals surface area contributed by atoms with E-state index in [9.17, 15) is 0 Å². The number of rotatable bonds is 3. The van der Waals surface area contributed by atoms with Gasteiger partial charge in [-0.1, -0.05) is 0 Å². The lowest BCUT2D eigenvalue weighted by Gasteiger charge is -2.04. The summed E-state index contributed by atoms with van der Waals surface area (Å²) in [5, 5.41) is 0. The molecule has 0 aliphatic heterocycles. The van der Waals surface area contributed by atoms with Crippen molar-refractivity contribution in [3.05, 3.63) is 22.9 Å². The SMILES string of the molecule is [B]CONc1cccnc1Br. The first-order valence-electron chi connectivity index (χ1n) is 3.03. The van der Waals surface area contributed by atoms with Crippen molar-refractivity contribution in [2.45, 2.75) is 0 Å². The molecule has 0 atom stereocenters. The van der Waals surface area contributed by atoms with Crippen molar-refractivity contribution in [2.24, 2.45) is 0 Å². The van der Waals surface area contributed by atoms with E-state index in [1.165, 1.54) is 0 Å². The standard InChI is InChI=1S/C6H6BBrN2O/c7-4-11-10-5-2-1-3-9-6(5)8/h1-3,10H,4H2. The molecule has 0 spiro atoms. The average molecular weight is 213 g/mol. The Bertz CT molecular complexity index is 234. The summed E-state index contributed by atoms with van der Waals surface area (Å²) in [5.74, 6) is 0. The van der Waals surface area contributed by atoms with Crippen molar-refractivity contribution in [3.63, 3.8) is 0 Å². The van der Waals surface area contributed by atoms with Crippen molar-refractivity contribution in [3.8, 4) is 0 Å². The second kappa shape index (κ2) is 4.36. The molecule has 0 unspecified atom stereocenters. The third kappa shape index (κ3) is 2.51. The van der Waals surface area contributed by atoms with Crippen LogP contribution in [-0.4, -0.2) is 19.3 Å². The first-order valence-corrected chi connectivity index (χ1v) is 3.82. The minimum atomic E-state index is 0.126. The number of hydrogen-bond donors (Lipinski definition) is 1. The van der Waals surface area contributed by atoms with Gasteiger partial charge in [-0.15, -0.1) is 0 Å². The number of aromatic nitrogens is 1. The lowest BCUT2D eigenvalue weighted by Crippen LogP contribution is -2.03. The zero-order chi connectivity index (χ0) is 8.10. The minimum absolute atomic E-state index is 0.126. The lowest BCUT2D eigenvalue weighted by molar-refractivity contribution is 0.247. The summed E-state index contributed by atoms with van der Waals surface area (Å²) in [6, 6.07) is 3.62. The molecule has 0 aliphatic carbocycles. The van der Waals surface area contributed by atoms with E-state index < -0.39 is 0 Å². The summed E-state index contributed by atoms with van der Waals surface area (Å²) in [7, 11) is 5.11. The van der Waals surface area contributed by atoms with E-state index in [1.54, 1.807) is 12.3 Å². The molecule has 0 saturated carbocycles. The highest BCUT2D eigenvalue weighted by Gasteiger charge is 1.96. The van der Waals surface area contributed by atoms with E-state index in [0.29, 0.717) is 4.60 Å². The van der Waals surface area contributed by atoms with E-state index in [1.807, 2.05) is 6.07 Å². The summed E-state index contributed by atoms with van der Waals surface area (Å²) in [4.78, 5) is 8.72. The number of anilines is 1. The van der Waals surface area contributed by atoms with Gasteiger partial charge in [0.1, 0.15) is 12.4 Å². The molecule has 1 N–H and O–H groups in total. The molecule has 1 aromatic heterocycles. The topological polar surface area (TPSA) is 34.1 Å². The van der Waals surface area contributed by atoms with Crippen LogP contribution in [0.3, 0.4) is 0 Å². The van der Waals surface area contributed by atoms with Gasteiger partial charge in [0.05, 0.1) is 5.69 Å². The van der Waals surface area contributed by atoms with Crippen LogP contribution in [0.25, 0.3) is 0 Å². The van der Waals surface area contributed by atoms with Crippen molar-refractivity contribution in [1.82, 2.24) is 4.98 Å². The third-order valence-electron chi connectivity index (χ3n) is 1.02.